The van der Waals surface area contributed by atoms with Gasteiger partial charge >= 0.3 is 5.97 Å². The van der Waals surface area contributed by atoms with Gasteiger partial charge in [-0.2, -0.15) is 0 Å². The summed E-state index contributed by atoms with van der Waals surface area (Å²) in [6, 6.07) is 18.8. The summed E-state index contributed by atoms with van der Waals surface area (Å²) in [6.45, 7) is 9.08. The number of aliphatic hydroxyl groups is 1. The molecule has 0 saturated heterocycles. The molecule has 0 aromatic heterocycles. The molecule has 0 fully saturated rings. The van der Waals surface area contributed by atoms with Crippen molar-refractivity contribution in [1.82, 2.24) is 10.6 Å². The maximum atomic E-state index is 12.8. The summed E-state index contributed by atoms with van der Waals surface area (Å²) in [7, 11) is 0. The minimum Gasteiger partial charge on any atom is -0.461 e. The topological polar surface area (TPSA) is 105 Å². The predicted octanol–water partition coefficient (Wildman–Crippen LogP) is 3.77. The Hall–Kier alpha value is -3.71. The highest BCUT2D eigenvalue weighted by molar-refractivity contribution is 5.86. The molecule has 0 unspecified atom stereocenters. The SMILES string of the molecule is C=CC[C@H](CC(=O)N[C@@H](CO)Cc1ccccc1)C(=O)NC[C@H](C)OC(=O)[C@@H](CC=C)Cc1ccccc1. The van der Waals surface area contributed by atoms with Crippen molar-refractivity contribution in [3.8, 4) is 0 Å². The first-order valence-corrected chi connectivity index (χ1v) is 13.0. The van der Waals surface area contributed by atoms with Gasteiger partial charge in [0.05, 0.1) is 31.0 Å². The van der Waals surface area contributed by atoms with Crippen molar-refractivity contribution in [1.29, 1.82) is 0 Å². The van der Waals surface area contributed by atoms with E-state index in [4.69, 9.17) is 4.74 Å². The smallest absolute Gasteiger partial charge is 0.309 e. The number of amides is 2. The predicted molar refractivity (Wildman–Crippen MR) is 149 cm³/mol. The van der Waals surface area contributed by atoms with Gasteiger partial charge in [-0.3, -0.25) is 14.4 Å². The van der Waals surface area contributed by atoms with Crippen LogP contribution in [-0.4, -0.2) is 48.2 Å². The largest absolute Gasteiger partial charge is 0.461 e. The van der Waals surface area contributed by atoms with Crippen molar-refractivity contribution < 1.29 is 24.2 Å². The molecule has 0 aliphatic heterocycles. The van der Waals surface area contributed by atoms with E-state index in [2.05, 4.69) is 23.8 Å². The standard InChI is InChI=1S/C31H40N2O5/c1-4-12-26(20-29(35)33-28(22-34)19-25-16-10-7-11-17-25)30(36)32-21-23(3)38-31(37)27(13-5-2)18-24-14-8-6-9-15-24/h4-11,14-17,23,26-28,34H,1-2,12-13,18-22H2,3H3,(H,32,36)(H,33,35)/t23-,26+,27-,28+/m0/s1. The lowest BCUT2D eigenvalue weighted by atomic mass is 9.96. The summed E-state index contributed by atoms with van der Waals surface area (Å²) in [5.74, 6) is -1.97. The van der Waals surface area contributed by atoms with Crippen LogP contribution in [0.4, 0.5) is 0 Å². The van der Waals surface area contributed by atoms with E-state index in [-0.39, 0.29) is 43.3 Å². The first kappa shape index (κ1) is 30.5. The summed E-state index contributed by atoms with van der Waals surface area (Å²) in [6.07, 6.45) is 4.54. The number of esters is 1. The number of rotatable bonds is 17. The van der Waals surface area contributed by atoms with Crippen molar-refractivity contribution in [2.45, 2.75) is 51.2 Å². The first-order valence-electron chi connectivity index (χ1n) is 13.0. The third kappa shape index (κ3) is 11.1. The lowest BCUT2D eigenvalue weighted by Gasteiger charge is -2.21. The van der Waals surface area contributed by atoms with Gasteiger partial charge in [0, 0.05) is 6.42 Å². The van der Waals surface area contributed by atoms with Gasteiger partial charge in [0.1, 0.15) is 6.10 Å². The summed E-state index contributed by atoms with van der Waals surface area (Å²) in [4.78, 5) is 38.3. The van der Waals surface area contributed by atoms with Crippen molar-refractivity contribution in [3.05, 3.63) is 97.1 Å². The van der Waals surface area contributed by atoms with Crippen LogP contribution in [-0.2, 0) is 32.0 Å². The molecular formula is C31H40N2O5. The normalized spacial score (nSPS) is 13.8. The Balaban J connectivity index is 1.85. The number of aliphatic hydroxyl groups excluding tert-OH is 1. The number of carbonyl (C=O) groups excluding carboxylic acids is 3. The zero-order chi connectivity index (χ0) is 27.8. The fourth-order valence-corrected chi connectivity index (χ4v) is 4.14. The summed E-state index contributed by atoms with van der Waals surface area (Å²) in [5, 5.41) is 15.3. The third-order valence-corrected chi connectivity index (χ3v) is 6.15. The Bertz CT molecular complexity index is 1030. The molecular weight excluding hydrogens is 480 g/mol. The number of hydrogen-bond donors (Lipinski definition) is 3. The number of hydrogen-bond acceptors (Lipinski definition) is 5. The Morgan fingerprint density at radius 2 is 1.45 bits per heavy atom. The van der Waals surface area contributed by atoms with E-state index in [1.54, 1.807) is 19.1 Å². The fourth-order valence-electron chi connectivity index (χ4n) is 4.14. The molecule has 2 rings (SSSR count). The van der Waals surface area contributed by atoms with Crippen LogP contribution in [0.2, 0.25) is 0 Å². The van der Waals surface area contributed by atoms with Crippen LogP contribution in [0.25, 0.3) is 0 Å². The van der Waals surface area contributed by atoms with Crippen molar-refractivity contribution in [2.24, 2.45) is 11.8 Å². The van der Waals surface area contributed by atoms with E-state index in [1.165, 1.54) is 0 Å². The van der Waals surface area contributed by atoms with Gasteiger partial charge in [0.2, 0.25) is 11.8 Å². The molecule has 7 heteroatoms. The Morgan fingerprint density at radius 3 is 2.00 bits per heavy atom. The van der Waals surface area contributed by atoms with Crippen molar-refractivity contribution >= 4 is 17.8 Å². The molecule has 0 saturated carbocycles. The molecule has 38 heavy (non-hydrogen) atoms. The summed E-state index contributed by atoms with van der Waals surface area (Å²) in [5.41, 5.74) is 2.03. The van der Waals surface area contributed by atoms with Gasteiger partial charge in [0.25, 0.3) is 0 Å². The van der Waals surface area contributed by atoms with Gasteiger partial charge in [-0.15, -0.1) is 13.2 Å². The third-order valence-electron chi connectivity index (χ3n) is 6.15. The molecule has 7 nitrogen and oxygen atoms in total. The van der Waals surface area contributed by atoms with E-state index in [9.17, 15) is 19.5 Å². The number of benzene rings is 2. The van der Waals surface area contributed by atoms with Crippen LogP contribution in [0.1, 0.15) is 37.3 Å². The molecule has 0 bridgehead atoms. The van der Waals surface area contributed by atoms with Crippen LogP contribution in [0.15, 0.2) is 86.0 Å². The van der Waals surface area contributed by atoms with Crippen LogP contribution in [0, 0.1) is 11.8 Å². The molecule has 0 aliphatic rings. The van der Waals surface area contributed by atoms with Crippen LogP contribution in [0.5, 0.6) is 0 Å². The zero-order valence-electron chi connectivity index (χ0n) is 22.2. The maximum absolute atomic E-state index is 12.8. The van der Waals surface area contributed by atoms with E-state index >= 15 is 0 Å². The molecule has 2 aromatic rings. The van der Waals surface area contributed by atoms with E-state index in [0.717, 1.165) is 11.1 Å². The van der Waals surface area contributed by atoms with Crippen LogP contribution < -0.4 is 10.6 Å². The molecule has 0 aliphatic carbocycles. The number of carbonyl (C=O) groups is 3. The molecule has 2 amide bonds. The molecule has 204 valence electrons. The Morgan fingerprint density at radius 1 is 0.895 bits per heavy atom. The number of nitrogens with one attached hydrogen (secondary N) is 2. The van der Waals surface area contributed by atoms with Gasteiger partial charge in [-0.25, -0.2) is 0 Å². The minimum absolute atomic E-state index is 0.0458. The maximum Gasteiger partial charge on any atom is 0.309 e. The highest BCUT2D eigenvalue weighted by Gasteiger charge is 2.25. The average molecular weight is 521 g/mol. The molecule has 0 heterocycles. The molecule has 4 atom stereocenters. The minimum atomic E-state index is -0.627. The Kier molecular flexibility index (Phi) is 13.6. The molecule has 2 aromatic carbocycles. The zero-order valence-corrected chi connectivity index (χ0v) is 22.2. The van der Waals surface area contributed by atoms with Gasteiger partial charge in [-0.1, -0.05) is 72.8 Å². The van der Waals surface area contributed by atoms with Gasteiger partial charge < -0.3 is 20.5 Å². The lowest BCUT2D eigenvalue weighted by Crippen LogP contribution is -2.42. The van der Waals surface area contributed by atoms with E-state index in [0.29, 0.717) is 25.7 Å². The summed E-state index contributed by atoms with van der Waals surface area (Å²) >= 11 is 0. The monoisotopic (exact) mass is 520 g/mol. The van der Waals surface area contributed by atoms with Crippen molar-refractivity contribution in [2.75, 3.05) is 13.2 Å². The number of ether oxygens (including phenoxy) is 1. The first-order chi connectivity index (χ1) is 18.4. The fraction of sp³-hybridized carbons (Fsp3) is 0.387. The quantitative estimate of drug-likeness (QED) is 0.218. The van der Waals surface area contributed by atoms with Crippen LogP contribution >= 0.6 is 0 Å². The van der Waals surface area contributed by atoms with Crippen molar-refractivity contribution in [3.63, 3.8) is 0 Å². The van der Waals surface area contributed by atoms with E-state index < -0.39 is 18.1 Å². The molecule has 0 radical (unpaired) electrons. The van der Waals surface area contributed by atoms with E-state index in [1.807, 2.05) is 60.7 Å². The van der Waals surface area contributed by atoms with Gasteiger partial charge in [-0.05, 0) is 43.7 Å². The second-order valence-corrected chi connectivity index (χ2v) is 9.47. The number of allylic oxidation sites excluding steroid dienone is 2. The van der Waals surface area contributed by atoms with Crippen LogP contribution in [0.3, 0.4) is 0 Å². The lowest BCUT2D eigenvalue weighted by molar-refractivity contribution is -0.153. The summed E-state index contributed by atoms with van der Waals surface area (Å²) < 4.78 is 5.60. The second-order valence-electron chi connectivity index (χ2n) is 9.47. The molecule has 0 spiro atoms. The highest BCUT2D eigenvalue weighted by atomic mass is 16.5. The molecule has 3 N–H and O–H groups in total. The second kappa shape index (κ2) is 16.9. The van der Waals surface area contributed by atoms with Gasteiger partial charge in [0.15, 0.2) is 0 Å². The Labute approximate surface area is 226 Å². The average Bonchev–Trinajstić information content (AvgIpc) is 2.92. The highest BCUT2D eigenvalue weighted by Crippen LogP contribution is 2.16.